The Morgan fingerprint density at radius 3 is 2.90 bits per heavy atom. The van der Waals surface area contributed by atoms with Crippen molar-refractivity contribution in [3.8, 4) is 0 Å². The largest absolute Gasteiger partial charge is 0.329 e. The smallest absolute Gasteiger partial charge is 0.178 e. The summed E-state index contributed by atoms with van der Waals surface area (Å²) in [6.45, 7) is 2.75. The van der Waals surface area contributed by atoms with Gasteiger partial charge in [0.2, 0.25) is 0 Å². The minimum atomic E-state index is 0.686. The molecule has 4 rings (SSSR count). The third-order valence-corrected chi connectivity index (χ3v) is 4.69. The molecule has 0 atom stereocenters. The number of imidazole rings is 1. The SMILES string of the molecule is Cc1cnc(Cn2c(=S)[nH]c3cnc4ccccc4c32)s1. The third kappa shape index (κ3) is 2.07. The zero-order chi connectivity index (χ0) is 14.4. The number of thiazole rings is 1. The van der Waals surface area contributed by atoms with E-state index in [0.29, 0.717) is 11.3 Å². The van der Waals surface area contributed by atoms with Crippen LogP contribution in [-0.4, -0.2) is 19.5 Å². The Kier molecular flexibility index (Phi) is 2.87. The monoisotopic (exact) mass is 312 g/mol. The molecule has 0 spiro atoms. The number of nitrogens with one attached hydrogen (secondary N) is 1. The number of nitrogens with zero attached hydrogens (tertiary/aromatic N) is 3. The number of para-hydroxylation sites is 1. The summed E-state index contributed by atoms with van der Waals surface area (Å²) in [6.07, 6.45) is 3.75. The van der Waals surface area contributed by atoms with Gasteiger partial charge < -0.3 is 9.55 Å². The van der Waals surface area contributed by atoms with Gasteiger partial charge in [-0.15, -0.1) is 11.3 Å². The lowest BCUT2D eigenvalue weighted by molar-refractivity contribution is 0.805. The molecule has 3 aromatic heterocycles. The first-order valence-electron chi connectivity index (χ1n) is 6.60. The number of hydrogen-bond acceptors (Lipinski definition) is 4. The van der Waals surface area contributed by atoms with Gasteiger partial charge in [-0.25, -0.2) is 4.98 Å². The maximum Gasteiger partial charge on any atom is 0.178 e. The van der Waals surface area contributed by atoms with Crippen molar-refractivity contribution < 1.29 is 0 Å². The zero-order valence-corrected chi connectivity index (χ0v) is 13.0. The number of aromatic amines is 1. The zero-order valence-electron chi connectivity index (χ0n) is 11.3. The molecule has 1 N–H and O–H groups in total. The normalized spacial score (nSPS) is 11.5. The van der Waals surface area contributed by atoms with E-state index < -0.39 is 0 Å². The first kappa shape index (κ1) is 12.7. The highest BCUT2D eigenvalue weighted by molar-refractivity contribution is 7.71. The standard InChI is InChI=1S/C15H12N4S2/c1-9-6-17-13(21-9)8-19-14-10-4-2-3-5-11(10)16-7-12(14)18-15(19)20/h2-7H,8H2,1H3,(H,18,20). The molecule has 0 aliphatic heterocycles. The summed E-state index contributed by atoms with van der Waals surface area (Å²) in [5.74, 6) is 0. The van der Waals surface area contributed by atoms with Crippen LogP contribution in [0.5, 0.6) is 0 Å². The molecule has 4 nitrogen and oxygen atoms in total. The van der Waals surface area contributed by atoms with Crippen LogP contribution in [0, 0.1) is 11.7 Å². The lowest BCUT2D eigenvalue weighted by Crippen LogP contribution is -1.99. The third-order valence-electron chi connectivity index (χ3n) is 3.47. The molecular weight excluding hydrogens is 300 g/mol. The van der Waals surface area contributed by atoms with Gasteiger partial charge in [-0.05, 0) is 25.2 Å². The summed E-state index contributed by atoms with van der Waals surface area (Å²) in [6, 6.07) is 8.12. The number of aromatic nitrogens is 4. The van der Waals surface area contributed by atoms with Crippen molar-refractivity contribution in [1.29, 1.82) is 0 Å². The van der Waals surface area contributed by atoms with Crippen LogP contribution in [0.15, 0.2) is 36.7 Å². The van der Waals surface area contributed by atoms with E-state index in [9.17, 15) is 0 Å². The van der Waals surface area contributed by atoms with Gasteiger partial charge in [-0.3, -0.25) is 4.98 Å². The van der Waals surface area contributed by atoms with E-state index in [1.165, 1.54) is 4.88 Å². The van der Waals surface area contributed by atoms with Crippen molar-refractivity contribution in [1.82, 2.24) is 19.5 Å². The molecule has 4 aromatic rings. The van der Waals surface area contributed by atoms with Gasteiger partial charge >= 0.3 is 0 Å². The number of fused-ring (bicyclic) bond motifs is 3. The second-order valence-electron chi connectivity index (χ2n) is 4.92. The maximum atomic E-state index is 5.48. The minimum Gasteiger partial charge on any atom is -0.329 e. The lowest BCUT2D eigenvalue weighted by atomic mass is 10.2. The first-order chi connectivity index (χ1) is 10.2. The molecule has 6 heteroatoms. The van der Waals surface area contributed by atoms with Crippen LogP contribution in [-0.2, 0) is 6.54 Å². The van der Waals surface area contributed by atoms with Crippen LogP contribution < -0.4 is 0 Å². The Morgan fingerprint density at radius 1 is 1.24 bits per heavy atom. The molecule has 0 aliphatic carbocycles. The van der Waals surface area contributed by atoms with Gasteiger partial charge in [0, 0.05) is 16.5 Å². The molecule has 0 bridgehead atoms. The van der Waals surface area contributed by atoms with E-state index >= 15 is 0 Å². The predicted molar refractivity (Wildman–Crippen MR) is 88.4 cm³/mol. The summed E-state index contributed by atoms with van der Waals surface area (Å²) in [4.78, 5) is 13.4. The molecule has 1 aromatic carbocycles. The number of pyridine rings is 1. The van der Waals surface area contributed by atoms with E-state index in [4.69, 9.17) is 12.2 Å². The summed E-state index contributed by atoms with van der Waals surface area (Å²) in [7, 11) is 0. The van der Waals surface area contributed by atoms with Gasteiger partial charge in [0.05, 0.1) is 29.3 Å². The number of H-pyrrole nitrogens is 1. The molecule has 0 fully saturated rings. The van der Waals surface area contributed by atoms with Crippen LogP contribution >= 0.6 is 23.6 Å². The molecule has 0 unspecified atom stereocenters. The minimum absolute atomic E-state index is 0.686. The van der Waals surface area contributed by atoms with E-state index in [1.54, 1.807) is 11.3 Å². The van der Waals surface area contributed by atoms with Crippen molar-refractivity contribution in [3.05, 3.63) is 51.3 Å². The van der Waals surface area contributed by atoms with Gasteiger partial charge in [-0.1, -0.05) is 18.2 Å². The Morgan fingerprint density at radius 2 is 2.10 bits per heavy atom. The molecule has 21 heavy (non-hydrogen) atoms. The topological polar surface area (TPSA) is 46.5 Å². The predicted octanol–water partition coefficient (Wildman–Crippen LogP) is 4.06. The van der Waals surface area contributed by atoms with Crippen LogP contribution in [0.25, 0.3) is 21.9 Å². The fourth-order valence-corrected chi connectivity index (χ4v) is 3.60. The highest BCUT2D eigenvalue weighted by Gasteiger charge is 2.11. The molecule has 0 amide bonds. The number of hydrogen-bond donors (Lipinski definition) is 1. The fraction of sp³-hybridized carbons (Fsp3) is 0.133. The summed E-state index contributed by atoms with van der Waals surface area (Å²) in [5, 5.41) is 2.17. The number of aryl methyl sites for hydroxylation is 1. The quantitative estimate of drug-likeness (QED) is 0.568. The average Bonchev–Trinajstić information content (AvgIpc) is 3.03. The summed E-state index contributed by atoms with van der Waals surface area (Å²) < 4.78 is 2.81. The molecule has 0 radical (unpaired) electrons. The van der Waals surface area contributed by atoms with Gasteiger partial charge in [0.1, 0.15) is 5.01 Å². The fourth-order valence-electron chi connectivity index (χ4n) is 2.55. The second kappa shape index (κ2) is 4.75. The van der Waals surface area contributed by atoms with Crippen molar-refractivity contribution in [2.24, 2.45) is 0 Å². The van der Waals surface area contributed by atoms with Crippen LogP contribution in [0.1, 0.15) is 9.88 Å². The highest BCUT2D eigenvalue weighted by atomic mass is 32.1. The molecule has 0 saturated heterocycles. The van der Waals surface area contributed by atoms with Gasteiger partial charge in [-0.2, -0.15) is 0 Å². The summed E-state index contributed by atoms with van der Waals surface area (Å²) in [5.41, 5.74) is 3.04. The van der Waals surface area contributed by atoms with Crippen molar-refractivity contribution in [3.63, 3.8) is 0 Å². The van der Waals surface area contributed by atoms with E-state index in [1.807, 2.05) is 30.6 Å². The maximum absolute atomic E-state index is 5.48. The van der Waals surface area contributed by atoms with E-state index in [-0.39, 0.29) is 0 Å². The molecule has 0 saturated carbocycles. The molecular formula is C15H12N4S2. The Bertz CT molecular complexity index is 1010. The average molecular weight is 312 g/mol. The van der Waals surface area contributed by atoms with Gasteiger partial charge in [0.15, 0.2) is 4.77 Å². The summed E-state index contributed by atoms with van der Waals surface area (Å²) >= 11 is 7.18. The van der Waals surface area contributed by atoms with E-state index in [2.05, 4.69) is 32.5 Å². The Labute approximate surface area is 130 Å². The highest BCUT2D eigenvalue weighted by Crippen LogP contribution is 2.25. The van der Waals surface area contributed by atoms with Gasteiger partial charge in [0.25, 0.3) is 0 Å². The Balaban J connectivity index is 2.01. The first-order valence-corrected chi connectivity index (χ1v) is 7.82. The lowest BCUT2D eigenvalue weighted by Gasteiger charge is -2.04. The van der Waals surface area contributed by atoms with Crippen LogP contribution in [0.2, 0.25) is 0 Å². The molecule has 0 aliphatic rings. The number of benzene rings is 1. The Hall–Kier alpha value is -2.05. The second-order valence-corrected chi connectivity index (χ2v) is 6.62. The van der Waals surface area contributed by atoms with Crippen molar-refractivity contribution in [2.45, 2.75) is 13.5 Å². The van der Waals surface area contributed by atoms with Crippen molar-refractivity contribution >= 4 is 45.5 Å². The molecule has 104 valence electrons. The van der Waals surface area contributed by atoms with E-state index in [0.717, 1.165) is 26.9 Å². The van der Waals surface area contributed by atoms with Crippen molar-refractivity contribution in [2.75, 3.05) is 0 Å². The molecule has 3 heterocycles. The van der Waals surface area contributed by atoms with Crippen LogP contribution in [0.3, 0.4) is 0 Å². The number of rotatable bonds is 2. The van der Waals surface area contributed by atoms with Crippen LogP contribution in [0.4, 0.5) is 0 Å².